The standard InChI is InChI=1S/C13H12/c1-5-11-9-7-8-10-12(11)13(3,4)6-2/h1-2,7-10H,3-4H3. The summed E-state index contributed by atoms with van der Waals surface area (Å²) in [6.07, 6.45) is 10.8. The number of rotatable bonds is 1. The second-order valence-corrected chi connectivity index (χ2v) is 3.46. The average molecular weight is 168 g/mol. The maximum absolute atomic E-state index is 5.44. The summed E-state index contributed by atoms with van der Waals surface area (Å²) < 4.78 is 0. The Labute approximate surface area is 80.0 Å². The van der Waals surface area contributed by atoms with E-state index in [0.29, 0.717) is 0 Å². The van der Waals surface area contributed by atoms with Crippen molar-refractivity contribution in [2.75, 3.05) is 0 Å². The maximum atomic E-state index is 5.44. The molecule has 0 aromatic heterocycles. The molecule has 0 heteroatoms. The number of hydrogen-bond acceptors (Lipinski definition) is 0. The van der Waals surface area contributed by atoms with Gasteiger partial charge in [-0.05, 0) is 25.5 Å². The molecule has 0 unspecified atom stereocenters. The molecule has 0 saturated carbocycles. The molecule has 0 amide bonds. The molecule has 64 valence electrons. The summed E-state index contributed by atoms with van der Waals surface area (Å²) in [5, 5.41) is 0. The van der Waals surface area contributed by atoms with E-state index in [4.69, 9.17) is 12.8 Å². The van der Waals surface area contributed by atoms with Crippen LogP contribution in [0.5, 0.6) is 0 Å². The second kappa shape index (κ2) is 3.38. The monoisotopic (exact) mass is 168 g/mol. The molecule has 1 aromatic carbocycles. The number of terminal acetylenes is 2. The molecule has 0 radical (unpaired) electrons. The molecular formula is C13H12. The van der Waals surface area contributed by atoms with Crippen molar-refractivity contribution in [3.8, 4) is 24.7 Å². The Hall–Kier alpha value is -1.66. The van der Waals surface area contributed by atoms with Crippen molar-refractivity contribution in [3.63, 3.8) is 0 Å². The Balaban J connectivity index is 3.33. The van der Waals surface area contributed by atoms with Gasteiger partial charge in [0.15, 0.2) is 0 Å². The highest BCUT2D eigenvalue weighted by Gasteiger charge is 2.19. The van der Waals surface area contributed by atoms with Gasteiger partial charge < -0.3 is 0 Å². The molecule has 0 fully saturated rings. The van der Waals surface area contributed by atoms with E-state index < -0.39 is 0 Å². The van der Waals surface area contributed by atoms with Gasteiger partial charge in [-0.25, -0.2) is 0 Å². The lowest BCUT2D eigenvalue weighted by molar-refractivity contribution is 0.697. The van der Waals surface area contributed by atoms with Crippen LogP contribution in [0, 0.1) is 24.7 Å². The smallest absolute Gasteiger partial charge is 0.0516 e. The maximum Gasteiger partial charge on any atom is 0.0516 e. The van der Waals surface area contributed by atoms with Crippen LogP contribution in [0.25, 0.3) is 0 Å². The van der Waals surface area contributed by atoms with Crippen LogP contribution in [0.2, 0.25) is 0 Å². The fourth-order valence-corrected chi connectivity index (χ4v) is 1.23. The van der Waals surface area contributed by atoms with Crippen molar-refractivity contribution in [2.45, 2.75) is 19.3 Å². The van der Waals surface area contributed by atoms with E-state index in [1.165, 1.54) is 0 Å². The van der Waals surface area contributed by atoms with Gasteiger partial charge in [0.25, 0.3) is 0 Å². The molecule has 0 nitrogen and oxygen atoms in total. The highest BCUT2D eigenvalue weighted by molar-refractivity contribution is 5.46. The number of hydrogen-bond donors (Lipinski definition) is 0. The van der Waals surface area contributed by atoms with Gasteiger partial charge in [-0.2, -0.15) is 0 Å². The lowest BCUT2D eigenvalue weighted by Gasteiger charge is -2.19. The van der Waals surface area contributed by atoms with Crippen LogP contribution in [0.3, 0.4) is 0 Å². The summed E-state index contributed by atoms with van der Waals surface area (Å²) in [7, 11) is 0. The van der Waals surface area contributed by atoms with Crippen LogP contribution in [-0.2, 0) is 5.41 Å². The van der Waals surface area contributed by atoms with Gasteiger partial charge in [-0.3, -0.25) is 0 Å². The largest absolute Gasteiger partial charge is 0.119 e. The van der Waals surface area contributed by atoms with Crippen LogP contribution < -0.4 is 0 Å². The molecule has 1 aromatic rings. The summed E-state index contributed by atoms with van der Waals surface area (Å²) >= 11 is 0. The van der Waals surface area contributed by atoms with Crippen molar-refractivity contribution in [1.29, 1.82) is 0 Å². The van der Waals surface area contributed by atoms with E-state index in [0.717, 1.165) is 11.1 Å². The molecule has 0 N–H and O–H groups in total. The molecule has 0 heterocycles. The summed E-state index contributed by atoms with van der Waals surface area (Å²) in [6, 6.07) is 7.77. The van der Waals surface area contributed by atoms with Gasteiger partial charge in [-0.1, -0.05) is 30.0 Å². The molecule has 0 aliphatic heterocycles. The van der Waals surface area contributed by atoms with E-state index >= 15 is 0 Å². The van der Waals surface area contributed by atoms with E-state index in [9.17, 15) is 0 Å². The molecule has 0 bridgehead atoms. The molecule has 0 spiro atoms. The van der Waals surface area contributed by atoms with Crippen LogP contribution in [0.15, 0.2) is 24.3 Å². The minimum absolute atomic E-state index is 0.289. The van der Waals surface area contributed by atoms with Crippen LogP contribution in [0.4, 0.5) is 0 Å². The normalized spacial score (nSPS) is 10.2. The Morgan fingerprint density at radius 1 is 1.15 bits per heavy atom. The molecule has 0 atom stereocenters. The minimum atomic E-state index is -0.289. The van der Waals surface area contributed by atoms with E-state index in [2.05, 4.69) is 11.8 Å². The van der Waals surface area contributed by atoms with Gasteiger partial charge >= 0.3 is 0 Å². The molecule has 1 rings (SSSR count). The molecule has 13 heavy (non-hydrogen) atoms. The SMILES string of the molecule is C#Cc1ccccc1C(C)(C)C#C. The Bertz CT molecular complexity index is 383. The van der Waals surface area contributed by atoms with Crippen LogP contribution in [-0.4, -0.2) is 0 Å². The zero-order chi connectivity index (χ0) is 9.90. The van der Waals surface area contributed by atoms with Crippen LogP contribution >= 0.6 is 0 Å². The highest BCUT2D eigenvalue weighted by Crippen LogP contribution is 2.24. The topological polar surface area (TPSA) is 0 Å². The zero-order valence-electron chi connectivity index (χ0n) is 7.96. The van der Waals surface area contributed by atoms with Gasteiger partial charge in [0, 0.05) is 5.56 Å². The Kier molecular flexibility index (Phi) is 2.45. The third-order valence-electron chi connectivity index (χ3n) is 2.12. The second-order valence-electron chi connectivity index (χ2n) is 3.46. The quantitative estimate of drug-likeness (QED) is 0.565. The predicted molar refractivity (Wildman–Crippen MR) is 56.2 cm³/mol. The minimum Gasteiger partial charge on any atom is -0.119 e. The van der Waals surface area contributed by atoms with Gasteiger partial charge in [-0.15, -0.1) is 12.8 Å². The van der Waals surface area contributed by atoms with Crippen molar-refractivity contribution < 1.29 is 0 Å². The summed E-state index contributed by atoms with van der Waals surface area (Å²) in [5.41, 5.74) is 1.63. The Morgan fingerprint density at radius 2 is 1.77 bits per heavy atom. The van der Waals surface area contributed by atoms with Gasteiger partial charge in [0.2, 0.25) is 0 Å². The van der Waals surface area contributed by atoms with Crippen molar-refractivity contribution in [1.82, 2.24) is 0 Å². The first-order chi connectivity index (χ1) is 6.11. The van der Waals surface area contributed by atoms with E-state index in [1.54, 1.807) is 0 Å². The zero-order valence-corrected chi connectivity index (χ0v) is 7.96. The van der Waals surface area contributed by atoms with Crippen molar-refractivity contribution in [3.05, 3.63) is 35.4 Å². The fourth-order valence-electron chi connectivity index (χ4n) is 1.23. The summed E-state index contributed by atoms with van der Waals surface area (Å²) in [4.78, 5) is 0. The Morgan fingerprint density at radius 3 is 2.31 bits per heavy atom. The lowest BCUT2D eigenvalue weighted by atomic mass is 9.83. The van der Waals surface area contributed by atoms with Gasteiger partial charge in [0.1, 0.15) is 0 Å². The highest BCUT2D eigenvalue weighted by atomic mass is 14.2. The van der Waals surface area contributed by atoms with E-state index in [-0.39, 0.29) is 5.41 Å². The van der Waals surface area contributed by atoms with Crippen LogP contribution in [0.1, 0.15) is 25.0 Å². The first kappa shape index (κ1) is 9.43. The third-order valence-corrected chi connectivity index (χ3v) is 2.12. The van der Waals surface area contributed by atoms with Crippen molar-refractivity contribution in [2.24, 2.45) is 0 Å². The molecule has 0 aliphatic carbocycles. The van der Waals surface area contributed by atoms with Crippen molar-refractivity contribution >= 4 is 0 Å². The number of benzene rings is 1. The lowest BCUT2D eigenvalue weighted by Crippen LogP contribution is -2.15. The predicted octanol–water partition coefficient (Wildman–Crippen LogP) is 2.58. The summed E-state index contributed by atoms with van der Waals surface area (Å²) in [6.45, 7) is 3.98. The summed E-state index contributed by atoms with van der Waals surface area (Å²) in [5.74, 6) is 5.38. The van der Waals surface area contributed by atoms with E-state index in [1.807, 2.05) is 38.1 Å². The van der Waals surface area contributed by atoms with Gasteiger partial charge in [0.05, 0.1) is 5.41 Å². The third kappa shape index (κ3) is 1.74. The molecule has 0 aliphatic rings. The first-order valence-corrected chi connectivity index (χ1v) is 4.15. The molecule has 0 saturated heterocycles. The fraction of sp³-hybridized carbons (Fsp3) is 0.231. The first-order valence-electron chi connectivity index (χ1n) is 4.15. The molecular weight excluding hydrogens is 156 g/mol. The average Bonchev–Trinajstić information content (AvgIpc) is 2.18.